The van der Waals surface area contributed by atoms with E-state index in [4.69, 9.17) is 4.74 Å². The molecule has 0 aliphatic carbocycles. The lowest BCUT2D eigenvalue weighted by Gasteiger charge is -2.08. The van der Waals surface area contributed by atoms with Gasteiger partial charge in [0.1, 0.15) is 0 Å². The third-order valence-electron chi connectivity index (χ3n) is 4.45. The van der Waals surface area contributed by atoms with Crippen molar-refractivity contribution in [1.29, 1.82) is 0 Å². The molecule has 1 aromatic rings. The summed E-state index contributed by atoms with van der Waals surface area (Å²) in [5.41, 5.74) is 0.185. The van der Waals surface area contributed by atoms with Crippen LogP contribution in [0.15, 0.2) is 24.3 Å². The number of benzene rings is 1. The molecule has 0 unspecified atom stereocenters. The molecule has 0 radical (unpaired) electrons. The predicted octanol–water partition coefficient (Wildman–Crippen LogP) is 6.48. The molecule has 0 spiro atoms. The summed E-state index contributed by atoms with van der Waals surface area (Å²) in [5.74, 6) is -1.61. The zero-order chi connectivity index (χ0) is 21.5. The smallest absolute Gasteiger partial charge is 0.422 e. The van der Waals surface area contributed by atoms with Crippen molar-refractivity contribution >= 4 is 11.9 Å². The number of ether oxygens (including phenoxy) is 2. The molecule has 0 atom stereocenters. The SMILES string of the molecule is CCCCCCCCCCCCOC(=O)c1ccc(C(=O)OCC(F)(F)F)cc1. The number of rotatable bonds is 14. The minimum atomic E-state index is -4.58. The van der Waals surface area contributed by atoms with Gasteiger partial charge in [-0.2, -0.15) is 13.2 Å². The van der Waals surface area contributed by atoms with Gasteiger partial charge >= 0.3 is 18.1 Å². The second-order valence-corrected chi connectivity index (χ2v) is 7.09. The Kier molecular flexibility index (Phi) is 12.1. The number of carbonyl (C=O) groups excluding carboxylic acids is 2. The molecular weight excluding hydrogens is 385 g/mol. The van der Waals surface area contributed by atoms with Gasteiger partial charge in [-0.1, -0.05) is 64.7 Å². The molecule has 0 aliphatic heterocycles. The van der Waals surface area contributed by atoms with Gasteiger partial charge in [0.25, 0.3) is 0 Å². The van der Waals surface area contributed by atoms with Crippen LogP contribution in [0.1, 0.15) is 91.8 Å². The zero-order valence-electron chi connectivity index (χ0n) is 17.1. The fraction of sp³-hybridized carbons (Fsp3) is 0.636. The summed E-state index contributed by atoms with van der Waals surface area (Å²) in [4.78, 5) is 23.5. The summed E-state index contributed by atoms with van der Waals surface area (Å²) in [6.07, 6.45) is 7.30. The maximum Gasteiger partial charge on any atom is 0.422 e. The van der Waals surface area contributed by atoms with E-state index < -0.39 is 24.7 Å². The minimum Gasteiger partial charge on any atom is -0.462 e. The lowest BCUT2D eigenvalue weighted by molar-refractivity contribution is -0.161. The van der Waals surface area contributed by atoms with Gasteiger partial charge in [0.05, 0.1) is 17.7 Å². The second kappa shape index (κ2) is 14.0. The van der Waals surface area contributed by atoms with Crippen LogP contribution in [0, 0.1) is 0 Å². The van der Waals surface area contributed by atoms with Crippen LogP contribution >= 0.6 is 0 Å². The van der Waals surface area contributed by atoms with Crippen LogP contribution in [-0.2, 0) is 9.47 Å². The van der Waals surface area contributed by atoms with E-state index >= 15 is 0 Å². The molecule has 0 saturated heterocycles. The molecule has 0 aliphatic rings. The van der Waals surface area contributed by atoms with E-state index in [-0.39, 0.29) is 11.1 Å². The van der Waals surface area contributed by atoms with Crippen molar-refractivity contribution in [3.63, 3.8) is 0 Å². The average Bonchev–Trinajstić information content (AvgIpc) is 2.69. The molecule has 164 valence electrons. The Hall–Kier alpha value is -2.05. The molecule has 0 heterocycles. The minimum absolute atomic E-state index is 0.0551. The first-order chi connectivity index (χ1) is 13.8. The number of esters is 2. The Morgan fingerprint density at radius 2 is 1.14 bits per heavy atom. The normalized spacial score (nSPS) is 11.3. The molecule has 0 saturated carbocycles. The zero-order valence-corrected chi connectivity index (χ0v) is 17.1. The molecular formula is C22H31F3O4. The first kappa shape index (κ1) is 25.0. The summed E-state index contributed by atoms with van der Waals surface area (Å²) < 4.78 is 45.5. The highest BCUT2D eigenvalue weighted by molar-refractivity contribution is 5.93. The van der Waals surface area contributed by atoms with Crippen molar-refractivity contribution in [3.05, 3.63) is 35.4 Å². The van der Waals surface area contributed by atoms with Crippen molar-refractivity contribution in [2.45, 2.75) is 77.3 Å². The Morgan fingerprint density at radius 3 is 1.59 bits per heavy atom. The van der Waals surface area contributed by atoms with Gasteiger partial charge in [-0.15, -0.1) is 0 Å². The van der Waals surface area contributed by atoms with Crippen molar-refractivity contribution in [1.82, 2.24) is 0 Å². The van der Waals surface area contributed by atoms with Gasteiger partial charge in [-0.25, -0.2) is 9.59 Å². The number of alkyl halides is 3. The van der Waals surface area contributed by atoms with Gasteiger partial charge in [-0.05, 0) is 30.7 Å². The standard InChI is InChI=1S/C22H31F3O4/c1-2-3-4-5-6-7-8-9-10-11-16-28-20(26)18-12-14-19(15-13-18)21(27)29-17-22(23,24)25/h12-15H,2-11,16-17H2,1H3. The second-order valence-electron chi connectivity index (χ2n) is 7.09. The van der Waals surface area contributed by atoms with E-state index in [1.54, 1.807) is 0 Å². The van der Waals surface area contributed by atoms with Gasteiger partial charge in [0, 0.05) is 0 Å². The van der Waals surface area contributed by atoms with E-state index in [9.17, 15) is 22.8 Å². The quantitative estimate of drug-likeness (QED) is 0.257. The monoisotopic (exact) mass is 416 g/mol. The van der Waals surface area contributed by atoms with E-state index in [0.717, 1.165) is 19.3 Å². The Balaban J connectivity index is 2.16. The summed E-state index contributed by atoms with van der Waals surface area (Å²) in [7, 11) is 0. The first-order valence-electron chi connectivity index (χ1n) is 10.3. The Morgan fingerprint density at radius 1 is 0.724 bits per heavy atom. The maximum atomic E-state index is 12.1. The molecule has 4 nitrogen and oxygen atoms in total. The van der Waals surface area contributed by atoms with Crippen molar-refractivity contribution in [3.8, 4) is 0 Å². The summed E-state index contributed by atoms with van der Waals surface area (Å²) in [5, 5.41) is 0. The van der Waals surface area contributed by atoms with E-state index in [1.165, 1.54) is 69.2 Å². The topological polar surface area (TPSA) is 52.6 Å². The fourth-order valence-corrected chi connectivity index (χ4v) is 2.81. The van der Waals surface area contributed by atoms with Crippen LogP contribution in [0.4, 0.5) is 13.2 Å². The highest BCUT2D eigenvalue weighted by Crippen LogP contribution is 2.16. The van der Waals surface area contributed by atoms with Crippen molar-refractivity contribution in [2.24, 2.45) is 0 Å². The van der Waals surface area contributed by atoms with Gasteiger partial charge in [0.15, 0.2) is 6.61 Å². The van der Waals surface area contributed by atoms with Crippen LogP contribution in [0.2, 0.25) is 0 Å². The summed E-state index contributed by atoms with van der Waals surface area (Å²) in [6.45, 7) is 0.889. The molecule has 0 aromatic heterocycles. The first-order valence-corrected chi connectivity index (χ1v) is 10.3. The lowest BCUT2D eigenvalue weighted by atomic mass is 10.1. The Bertz CT molecular complexity index is 597. The third kappa shape index (κ3) is 12.2. The van der Waals surface area contributed by atoms with Crippen LogP contribution in [0.5, 0.6) is 0 Å². The van der Waals surface area contributed by atoms with Crippen LogP contribution in [0.3, 0.4) is 0 Å². The van der Waals surface area contributed by atoms with Gasteiger partial charge < -0.3 is 9.47 Å². The molecule has 7 heteroatoms. The fourth-order valence-electron chi connectivity index (χ4n) is 2.81. The molecule has 1 rings (SSSR count). The number of hydrogen-bond acceptors (Lipinski definition) is 4. The van der Waals surface area contributed by atoms with Crippen LogP contribution < -0.4 is 0 Å². The predicted molar refractivity (Wildman–Crippen MR) is 105 cm³/mol. The van der Waals surface area contributed by atoms with Gasteiger partial charge in [-0.3, -0.25) is 0 Å². The largest absolute Gasteiger partial charge is 0.462 e. The highest BCUT2D eigenvalue weighted by atomic mass is 19.4. The molecule has 0 fully saturated rings. The van der Waals surface area contributed by atoms with Crippen molar-refractivity contribution in [2.75, 3.05) is 13.2 Å². The third-order valence-corrected chi connectivity index (χ3v) is 4.45. The summed E-state index contributed by atoms with van der Waals surface area (Å²) in [6, 6.07) is 5.17. The van der Waals surface area contributed by atoms with E-state index in [0.29, 0.717) is 6.61 Å². The van der Waals surface area contributed by atoms with E-state index in [1.807, 2.05) is 0 Å². The number of carbonyl (C=O) groups is 2. The number of unbranched alkanes of at least 4 members (excludes halogenated alkanes) is 9. The molecule has 0 bridgehead atoms. The molecule has 0 N–H and O–H groups in total. The molecule has 1 aromatic carbocycles. The Labute approximate surface area is 170 Å². The number of halogens is 3. The van der Waals surface area contributed by atoms with Gasteiger partial charge in [0.2, 0.25) is 0 Å². The molecule has 0 amide bonds. The van der Waals surface area contributed by atoms with Crippen molar-refractivity contribution < 1.29 is 32.2 Å². The highest BCUT2D eigenvalue weighted by Gasteiger charge is 2.29. The average molecular weight is 416 g/mol. The van der Waals surface area contributed by atoms with Crippen LogP contribution in [-0.4, -0.2) is 31.3 Å². The van der Waals surface area contributed by atoms with E-state index in [2.05, 4.69) is 11.7 Å². The molecule has 29 heavy (non-hydrogen) atoms. The van der Waals surface area contributed by atoms with Crippen LogP contribution in [0.25, 0.3) is 0 Å². The summed E-state index contributed by atoms with van der Waals surface area (Å²) >= 11 is 0. The number of hydrogen-bond donors (Lipinski definition) is 0. The lowest BCUT2D eigenvalue weighted by Crippen LogP contribution is -2.20. The maximum absolute atomic E-state index is 12.1.